The van der Waals surface area contributed by atoms with Crippen LogP contribution < -0.4 is 22.1 Å². The Morgan fingerprint density at radius 3 is 2.82 bits per heavy atom. The lowest BCUT2D eigenvalue weighted by Gasteiger charge is -2.21. The Kier molecular flexibility index (Phi) is 5.90. The predicted octanol–water partition coefficient (Wildman–Crippen LogP) is -1.09. The molecule has 3 rings (SSSR count). The fraction of sp³-hybridized carbons (Fsp3) is 0.444. The van der Waals surface area contributed by atoms with Gasteiger partial charge in [0.25, 0.3) is 0 Å². The Bertz CT molecular complexity index is 977. The van der Waals surface area contributed by atoms with Crippen molar-refractivity contribution in [3.05, 3.63) is 34.2 Å². The van der Waals surface area contributed by atoms with Gasteiger partial charge in [0.05, 0.1) is 17.6 Å². The number of nitrogens with zero attached hydrogens (tertiary/aromatic N) is 2. The first-order valence-corrected chi connectivity index (χ1v) is 9.00. The molecule has 1 aromatic carbocycles. The molecule has 1 atom stereocenters. The van der Waals surface area contributed by atoms with Crippen LogP contribution in [-0.4, -0.2) is 46.6 Å². The second kappa shape index (κ2) is 8.36. The maximum Gasteiger partial charge on any atom is 0.329 e. The van der Waals surface area contributed by atoms with Crippen molar-refractivity contribution in [2.75, 3.05) is 19.8 Å². The van der Waals surface area contributed by atoms with Crippen LogP contribution in [0.15, 0.2) is 23.0 Å². The van der Waals surface area contributed by atoms with Gasteiger partial charge in [0.15, 0.2) is 0 Å². The molecular formula is C18H23N5O5. The Hall–Kier alpha value is -2.98. The molecule has 0 spiro atoms. The predicted molar refractivity (Wildman–Crippen MR) is 100 cm³/mol. The molecule has 10 heteroatoms. The van der Waals surface area contributed by atoms with Gasteiger partial charge in [-0.3, -0.25) is 28.8 Å². The van der Waals surface area contributed by atoms with Crippen LogP contribution in [0.2, 0.25) is 0 Å². The smallest absolute Gasteiger partial charge is 0.329 e. The van der Waals surface area contributed by atoms with E-state index in [4.69, 9.17) is 10.5 Å². The molecule has 1 aliphatic rings. The minimum atomic E-state index is -0.723. The first-order valence-electron chi connectivity index (χ1n) is 9.00. The Morgan fingerprint density at radius 1 is 1.32 bits per heavy atom. The summed E-state index contributed by atoms with van der Waals surface area (Å²) in [6, 6.07) is 4.59. The van der Waals surface area contributed by atoms with E-state index in [9.17, 15) is 19.2 Å². The number of imide groups is 1. The van der Waals surface area contributed by atoms with Crippen LogP contribution in [0.25, 0.3) is 11.0 Å². The Balaban J connectivity index is 1.81. The van der Waals surface area contributed by atoms with E-state index >= 15 is 0 Å². The number of aromatic nitrogens is 2. The summed E-state index contributed by atoms with van der Waals surface area (Å²) in [5.41, 5.74) is 7.01. The zero-order valence-corrected chi connectivity index (χ0v) is 15.6. The highest BCUT2D eigenvalue weighted by atomic mass is 16.5. The highest BCUT2D eigenvalue weighted by Gasteiger charge is 2.31. The highest BCUT2D eigenvalue weighted by molar-refractivity contribution is 6.00. The number of rotatable bonds is 7. The number of carbonyl (C=O) groups excluding carboxylic acids is 3. The zero-order valence-electron chi connectivity index (χ0n) is 15.6. The average Bonchev–Trinajstić information content (AvgIpc) is 2.91. The van der Waals surface area contributed by atoms with E-state index in [-0.39, 0.29) is 43.5 Å². The van der Waals surface area contributed by atoms with Gasteiger partial charge in [0.1, 0.15) is 12.6 Å². The summed E-state index contributed by atoms with van der Waals surface area (Å²) in [5, 5.41) is 5.02. The molecule has 2 aromatic rings. The number of benzene rings is 1. The quantitative estimate of drug-likeness (QED) is 0.406. The monoisotopic (exact) mass is 389 g/mol. The molecule has 0 aliphatic carbocycles. The molecule has 0 radical (unpaired) electrons. The molecule has 1 aliphatic heterocycles. The van der Waals surface area contributed by atoms with E-state index in [2.05, 4.69) is 10.6 Å². The van der Waals surface area contributed by atoms with Gasteiger partial charge in [0, 0.05) is 26.6 Å². The maximum atomic E-state index is 12.7. The average molecular weight is 389 g/mol. The number of nitrogens with two attached hydrogens (primary N) is 1. The molecule has 150 valence electrons. The number of carbonyl (C=O) groups is 3. The number of hydrogen-bond donors (Lipinski definition) is 3. The summed E-state index contributed by atoms with van der Waals surface area (Å²) in [5.74, 6) is -1.06. The number of piperidine rings is 1. The molecule has 28 heavy (non-hydrogen) atoms. The minimum Gasteiger partial charge on any atom is -0.370 e. The second-order valence-electron chi connectivity index (χ2n) is 6.62. The normalized spacial score (nSPS) is 17.0. The molecular weight excluding hydrogens is 366 g/mol. The Morgan fingerprint density at radius 2 is 2.11 bits per heavy atom. The van der Waals surface area contributed by atoms with Crippen LogP contribution in [-0.2, 0) is 32.7 Å². The molecule has 2 heterocycles. The van der Waals surface area contributed by atoms with Crippen molar-refractivity contribution in [1.29, 1.82) is 0 Å². The van der Waals surface area contributed by atoms with E-state index in [0.717, 1.165) is 5.56 Å². The van der Waals surface area contributed by atoms with Crippen molar-refractivity contribution in [2.45, 2.75) is 25.4 Å². The maximum absolute atomic E-state index is 12.7. The third-order valence-corrected chi connectivity index (χ3v) is 4.66. The topological polar surface area (TPSA) is 137 Å². The van der Waals surface area contributed by atoms with Crippen molar-refractivity contribution in [3.8, 4) is 0 Å². The summed E-state index contributed by atoms with van der Waals surface area (Å²) in [6.07, 6.45) is 0.472. The summed E-state index contributed by atoms with van der Waals surface area (Å²) in [7, 11) is 1.62. The number of nitrogens with one attached hydrogen (secondary N) is 2. The van der Waals surface area contributed by atoms with Crippen LogP contribution in [0.5, 0.6) is 0 Å². The molecule has 4 N–H and O–H groups in total. The first kappa shape index (κ1) is 19.8. The molecule has 1 unspecified atom stereocenters. The van der Waals surface area contributed by atoms with Gasteiger partial charge in [-0.05, 0) is 24.1 Å². The minimum absolute atomic E-state index is 0.0657. The van der Waals surface area contributed by atoms with Gasteiger partial charge in [0.2, 0.25) is 17.7 Å². The van der Waals surface area contributed by atoms with Gasteiger partial charge >= 0.3 is 5.69 Å². The molecule has 10 nitrogen and oxygen atoms in total. The van der Waals surface area contributed by atoms with Crippen LogP contribution in [0.3, 0.4) is 0 Å². The lowest BCUT2D eigenvalue weighted by molar-refractivity contribution is -0.135. The van der Waals surface area contributed by atoms with Crippen molar-refractivity contribution in [1.82, 2.24) is 19.8 Å². The molecule has 1 fully saturated rings. The first-order chi connectivity index (χ1) is 13.4. The summed E-state index contributed by atoms with van der Waals surface area (Å²) in [4.78, 5) is 48.0. The Labute approximate surface area is 160 Å². The standard InChI is InChI=1S/C18H23N5O5/c1-22-14-8-11(9-20-16(25)10-28-7-6-19)2-3-12(14)23(18(22)27)13-4-5-15(24)21-17(13)26/h2-3,8,13H,4-7,9-10,19H2,1H3,(H,20,25)(H,21,24,26). The third kappa shape index (κ3) is 3.97. The number of hydrogen-bond acceptors (Lipinski definition) is 6. The largest absolute Gasteiger partial charge is 0.370 e. The SMILES string of the molecule is Cn1c(=O)n(C2CCC(=O)NC2=O)c2ccc(CNC(=O)COCCN)cc21. The summed E-state index contributed by atoms with van der Waals surface area (Å²) < 4.78 is 7.95. The van der Waals surface area contributed by atoms with Crippen molar-refractivity contribution in [3.63, 3.8) is 0 Å². The number of aryl methyl sites for hydroxylation is 1. The fourth-order valence-corrected chi connectivity index (χ4v) is 3.25. The van der Waals surface area contributed by atoms with Gasteiger partial charge < -0.3 is 15.8 Å². The lowest BCUT2D eigenvalue weighted by atomic mass is 10.1. The number of ether oxygens (including phenoxy) is 1. The number of imidazole rings is 1. The third-order valence-electron chi connectivity index (χ3n) is 4.66. The van der Waals surface area contributed by atoms with Gasteiger partial charge in [-0.25, -0.2) is 4.79 Å². The van der Waals surface area contributed by atoms with E-state index in [1.54, 1.807) is 25.2 Å². The van der Waals surface area contributed by atoms with E-state index in [1.807, 2.05) is 0 Å². The summed E-state index contributed by atoms with van der Waals surface area (Å²) >= 11 is 0. The molecule has 1 aromatic heterocycles. The van der Waals surface area contributed by atoms with Crippen LogP contribution in [0.1, 0.15) is 24.4 Å². The summed E-state index contributed by atoms with van der Waals surface area (Å²) in [6.45, 7) is 0.875. The van der Waals surface area contributed by atoms with Gasteiger partial charge in [-0.15, -0.1) is 0 Å². The lowest BCUT2D eigenvalue weighted by Crippen LogP contribution is -2.44. The fourth-order valence-electron chi connectivity index (χ4n) is 3.25. The molecule has 0 saturated carbocycles. The van der Waals surface area contributed by atoms with E-state index in [0.29, 0.717) is 24.2 Å². The molecule has 1 saturated heterocycles. The molecule has 3 amide bonds. The van der Waals surface area contributed by atoms with Crippen LogP contribution in [0, 0.1) is 0 Å². The van der Waals surface area contributed by atoms with E-state index in [1.165, 1.54) is 9.13 Å². The van der Waals surface area contributed by atoms with E-state index < -0.39 is 11.9 Å². The van der Waals surface area contributed by atoms with Gasteiger partial charge in [-0.1, -0.05) is 6.07 Å². The molecule has 0 bridgehead atoms. The van der Waals surface area contributed by atoms with Crippen LogP contribution in [0.4, 0.5) is 0 Å². The number of amides is 3. The van der Waals surface area contributed by atoms with Crippen LogP contribution >= 0.6 is 0 Å². The highest BCUT2D eigenvalue weighted by Crippen LogP contribution is 2.23. The van der Waals surface area contributed by atoms with Crippen molar-refractivity contribution < 1.29 is 19.1 Å². The zero-order chi connectivity index (χ0) is 20.3. The van der Waals surface area contributed by atoms with Crippen molar-refractivity contribution >= 4 is 28.8 Å². The second-order valence-corrected chi connectivity index (χ2v) is 6.62. The number of fused-ring (bicyclic) bond motifs is 1. The van der Waals surface area contributed by atoms with Crippen molar-refractivity contribution in [2.24, 2.45) is 12.8 Å². The van der Waals surface area contributed by atoms with Gasteiger partial charge in [-0.2, -0.15) is 0 Å².